The molecule has 1 aromatic rings. The van der Waals surface area contributed by atoms with Crippen LogP contribution in [-0.4, -0.2) is 72.6 Å². The summed E-state index contributed by atoms with van der Waals surface area (Å²) in [6, 6.07) is 0.149. The van der Waals surface area contributed by atoms with E-state index in [1.807, 2.05) is 19.4 Å². The molecule has 3 atom stereocenters. The van der Waals surface area contributed by atoms with Crippen molar-refractivity contribution < 1.29 is 9.53 Å². The molecule has 0 aromatic carbocycles. The summed E-state index contributed by atoms with van der Waals surface area (Å²) in [5.41, 5.74) is 1.14. The molecule has 25 heavy (non-hydrogen) atoms. The van der Waals surface area contributed by atoms with Gasteiger partial charge >= 0.3 is 0 Å². The first kappa shape index (κ1) is 22.2. The van der Waals surface area contributed by atoms with E-state index in [0.29, 0.717) is 0 Å². The van der Waals surface area contributed by atoms with E-state index in [9.17, 15) is 4.79 Å². The fraction of sp³-hybridized carbons (Fsp3) is 0.750. The van der Waals surface area contributed by atoms with Gasteiger partial charge in [0.25, 0.3) is 0 Å². The zero-order valence-electron chi connectivity index (χ0n) is 14.8. The van der Waals surface area contributed by atoms with Crippen molar-refractivity contribution in [2.45, 2.75) is 18.9 Å². The Morgan fingerprint density at radius 3 is 2.76 bits per heavy atom. The average molecular weight is 394 g/mol. The molecule has 0 spiro atoms. The van der Waals surface area contributed by atoms with Gasteiger partial charge in [0, 0.05) is 57.9 Å². The van der Waals surface area contributed by atoms with E-state index in [1.54, 1.807) is 4.68 Å². The van der Waals surface area contributed by atoms with Gasteiger partial charge in [0.2, 0.25) is 5.91 Å². The number of aryl methyl sites for hydroxylation is 1. The van der Waals surface area contributed by atoms with Crippen molar-refractivity contribution in [3.63, 3.8) is 0 Å². The summed E-state index contributed by atoms with van der Waals surface area (Å²) in [6.07, 6.45) is 3.88. The Labute approximate surface area is 161 Å². The van der Waals surface area contributed by atoms with Gasteiger partial charge in [0.1, 0.15) is 0 Å². The predicted molar refractivity (Wildman–Crippen MR) is 102 cm³/mol. The number of amides is 1. The monoisotopic (exact) mass is 393 g/mol. The molecule has 2 fully saturated rings. The summed E-state index contributed by atoms with van der Waals surface area (Å²) in [5, 5.41) is 10.8. The van der Waals surface area contributed by atoms with Crippen LogP contribution in [-0.2, 0) is 16.6 Å². The van der Waals surface area contributed by atoms with Crippen molar-refractivity contribution in [1.82, 2.24) is 25.3 Å². The molecule has 0 aliphatic carbocycles. The van der Waals surface area contributed by atoms with Gasteiger partial charge in [-0.05, 0) is 12.5 Å². The first-order valence-electron chi connectivity index (χ1n) is 8.43. The Balaban J connectivity index is 0.00000156. The Hall–Kier alpha value is -0.860. The van der Waals surface area contributed by atoms with Gasteiger partial charge in [-0.3, -0.25) is 14.4 Å². The smallest absolute Gasteiger partial charge is 0.225 e. The van der Waals surface area contributed by atoms with Crippen LogP contribution in [0.3, 0.4) is 0 Å². The number of carbonyl (C=O) groups excluding carboxylic acids is 1. The van der Waals surface area contributed by atoms with Crippen molar-refractivity contribution in [3.05, 3.63) is 18.0 Å². The largest absolute Gasteiger partial charge is 0.379 e. The van der Waals surface area contributed by atoms with E-state index in [1.165, 1.54) is 0 Å². The van der Waals surface area contributed by atoms with Crippen LogP contribution in [0.15, 0.2) is 12.4 Å². The van der Waals surface area contributed by atoms with E-state index in [2.05, 4.69) is 27.6 Å². The highest BCUT2D eigenvalue weighted by molar-refractivity contribution is 5.85. The number of carbonyl (C=O) groups is 1. The quantitative estimate of drug-likeness (QED) is 0.757. The lowest BCUT2D eigenvalue weighted by molar-refractivity contribution is -0.125. The lowest BCUT2D eigenvalue weighted by Crippen LogP contribution is -2.48. The van der Waals surface area contributed by atoms with E-state index in [0.717, 1.165) is 51.5 Å². The van der Waals surface area contributed by atoms with Gasteiger partial charge in [0.05, 0.1) is 25.3 Å². The highest BCUT2D eigenvalue weighted by Gasteiger charge is 2.35. The molecule has 2 aliphatic rings. The maximum Gasteiger partial charge on any atom is 0.225 e. The molecule has 1 amide bonds. The van der Waals surface area contributed by atoms with Crippen molar-refractivity contribution >= 4 is 30.7 Å². The Bertz CT molecular complexity index is 536. The van der Waals surface area contributed by atoms with Gasteiger partial charge in [-0.15, -0.1) is 24.8 Å². The zero-order valence-corrected chi connectivity index (χ0v) is 16.4. The summed E-state index contributed by atoms with van der Waals surface area (Å²) < 4.78 is 7.16. The van der Waals surface area contributed by atoms with Crippen LogP contribution < -0.4 is 10.6 Å². The minimum absolute atomic E-state index is 0. The third kappa shape index (κ3) is 5.82. The van der Waals surface area contributed by atoms with Crippen LogP contribution in [0.4, 0.5) is 0 Å². The number of rotatable bonds is 5. The van der Waals surface area contributed by atoms with Crippen molar-refractivity contribution in [3.8, 4) is 0 Å². The average Bonchev–Trinajstić information content (AvgIpc) is 3.16. The summed E-state index contributed by atoms with van der Waals surface area (Å²) in [4.78, 5) is 15.0. The Morgan fingerprint density at radius 2 is 2.12 bits per heavy atom. The van der Waals surface area contributed by atoms with E-state index in [4.69, 9.17) is 4.74 Å². The number of hydrogen-bond acceptors (Lipinski definition) is 5. The fourth-order valence-electron chi connectivity index (χ4n) is 3.50. The highest BCUT2D eigenvalue weighted by Crippen LogP contribution is 2.27. The van der Waals surface area contributed by atoms with Gasteiger partial charge in [0.15, 0.2) is 0 Å². The second-order valence-corrected chi connectivity index (χ2v) is 6.64. The van der Waals surface area contributed by atoms with Gasteiger partial charge in [-0.1, -0.05) is 0 Å². The molecule has 1 aromatic heterocycles. The van der Waals surface area contributed by atoms with E-state index < -0.39 is 0 Å². The summed E-state index contributed by atoms with van der Waals surface area (Å²) in [7, 11) is 1.91. The molecule has 0 radical (unpaired) electrons. The van der Waals surface area contributed by atoms with E-state index in [-0.39, 0.29) is 48.6 Å². The highest BCUT2D eigenvalue weighted by atomic mass is 35.5. The second-order valence-electron chi connectivity index (χ2n) is 6.64. The molecule has 0 bridgehead atoms. The number of nitrogens with one attached hydrogen (secondary N) is 2. The first-order valence-corrected chi connectivity index (χ1v) is 8.43. The lowest BCUT2D eigenvalue weighted by atomic mass is 9.90. The summed E-state index contributed by atoms with van der Waals surface area (Å²) >= 11 is 0. The number of hydrogen-bond donors (Lipinski definition) is 2. The third-order valence-electron chi connectivity index (χ3n) is 4.73. The predicted octanol–water partition coefficient (Wildman–Crippen LogP) is 0.404. The van der Waals surface area contributed by atoms with Gasteiger partial charge in [-0.25, -0.2) is 0 Å². The van der Waals surface area contributed by atoms with Crippen LogP contribution >= 0.6 is 24.8 Å². The van der Waals surface area contributed by atoms with Crippen molar-refractivity contribution in [2.24, 2.45) is 13.0 Å². The molecule has 0 saturated carbocycles. The second kappa shape index (κ2) is 10.3. The fourth-order valence-corrected chi connectivity index (χ4v) is 3.50. The molecule has 1 unspecified atom stereocenters. The Kier molecular flexibility index (Phi) is 9.16. The zero-order chi connectivity index (χ0) is 16.2. The van der Waals surface area contributed by atoms with Crippen LogP contribution in [0, 0.1) is 5.92 Å². The normalized spacial score (nSPS) is 24.9. The molecule has 9 heteroatoms. The summed E-state index contributed by atoms with van der Waals surface area (Å²) in [6.45, 7) is 8.00. The molecule has 3 heterocycles. The SMILES string of the molecule is CC(CN1CCOCC1)NC(=O)[C@H]1CNC[C@@H]1c1cnn(C)c1.Cl.Cl. The van der Waals surface area contributed by atoms with Crippen LogP contribution in [0.1, 0.15) is 18.4 Å². The van der Waals surface area contributed by atoms with E-state index >= 15 is 0 Å². The number of nitrogens with zero attached hydrogens (tertiary/aromatic N) is 3. The number of halogens is 2. The summed E-state index contributed by atoms with van der Waals surface area (Å²) in [5.74, 6) is 0.329. The van der Waals surface area contributed by atoms with Crippen molar-refractivity contribution in [1.29, 1.82) is 0 Å². The standard InChI is InChI=1S/C16H27N5O2.2ClH/c1-12(10-21-3-5-23-6-4-21)19-16(22)15-9-17-8-14(15)13-7-18-20(2)11-13;;/h7,11-12,14-15,17H,3-6,8-10H2,1-2H3,(H,19,22);2*1H/t12?,14-,15+;;/m1../s1. The molecule has 2 aliphatic heterocycles. The lowest BCUT2D eigenvalue weighted by Gasteiger charge is -2.30. The molecule has 7 nitrogen and oxygen atoms in total. The van der Waals surface area contributed by atoms with Crippen LogP contribution in [0.2, 0.25) is 0 Å². The number of ether oxygens (including phenoxy) is 1. The van der Waals surface area contributed by atoms with Crippen molar-refractivity contribution in [2.75, 3.05) is 45.9 Å². The first-order chi connectivity index (χ1) is 11.1. The molecule has 144 valence electrons. The maximum absolute atomic E-state index is 12.7. The topological polar surface area (TPSA) is 71.4 Å². The molecule has 2 saturated heterocycles. The minimum Gasteiger partial charge on any atom is -0.379 e. The van der Waals surface area contributed by atoms with Gasteiger partial charge in [-0.2, -0.15) is 5.10 Å². The number of morpholine rings is 1. The number of aromatic nitrogens is 2. The Morgan fingerprint density at radius 1 is 1.40 bits per heavy atom. The molecule has 3 rings (SSSR count). The maximum atomic E-state index is 12.7. The molecular formula is C16H29Cl2N5O2. The molecular weight excluding hydrogens is 365 g/mol. The van der Waals surface area contributed by atoms with Crippen LogP contribution in [0.5, 0.6) is 0 Å². The van der Waals surface area contributed by atoms with Crippen LogP contribution in [0.25, 0.3) is 0 Å². The molecule has 2 N–H and O–H groups in total. The third-order valence-corrected chi connectivity index (χ3v) is 4.73. The van der Waals surface area contributed by atoms with Gasteiger partial charge < -0.3 is 15.4 Å². The minimum atomic E-state index is -0.0219.